The summed E-state index contributed by atoms with van der Waals surface area (Å²) in [7, 11) is 0. The van der Waals surface area contributed by atoms with Gasteiger partial charge in [0, 0.05) is 6.08 Å². The number of hydrogen-bond donors (Lipinski definition) is 2. The van der Waals surface area contributed by atoms with Gasteiger partial charge in [-0.25, -0.2) is 4.98 Å². The Labute approximate surface area is 86.8 Å². The lowest BCUT2D eigenvalue weighted by Crippen LogP contribution is -2.05. The third kappa shape index (κ3) is 2.04. The second-order valence-corrected chi connectivity index (χ2v) is 3.38. The first kappa shape index (κ1) is 9.45. The van der Waals surface area contributed by atoms with E-state index in [-0.39, 0.29) is 0 Å². The van der Waals surface area contributed by atoms with E-state index in [1.165, 1.54) is 6.08 Å². The van der Waals surface area contributed by atoms with Crippen LogP contribution in [0.3, 0.4) is 0 Å². The maximum atomic E-state index is 10.5. The third-order valence-electron chi connectivity index (χ3n) is 2.06. The number of carbonyl (C=O) groups excluding carboxylic acids is 1. The Kier molecular flexibility index (Phi) is 2.25. The van der Waals surface area contributed by atoms with Crippen molar-refractivity contribution in [2.45, 2.75) is 6.92 Å². The quantitative estimate of drug-likeness (QED) is 0.720. The fourth-order valence-corrected chi connectivity index (χ4v) is 1.38. The minimum absolute atomic E-state index is 0.480. The molecule has 0 spiro atoms. The second kappa shape index (κ2) is 3.57. The molecule has 0 aliphatic heterocycles. The summed E-state index contributed by atoms with van der Waals surface area (Å²) >= 11 is 0. The van der Waals surface area contributed by atoms with Crippen LogP contribution in [0.5, 0.6) is 0 Å². The zero-order valence-corrected chi connectivity index (χ0v) is 8.32. The largest absolute Gasteiger partial charge is 0.366 e. The van der Waals surface area contributed by atoms with Gasteiger partial charge in [-0.1, -0.05) is 6.07 Å². The topological polar surface area (TPSA) is 71.8 Å². The summed E-state index contributed by atoms with van der Waals surface area (Å²) in [4.78, 5) is 17.9. The number of carbonyl (C=O) groups is 1. The number of primary amides is 1. The Morgan fingerprint density at radius 2 is 2.33 bits per heavy atom. The van der Waals surface area contributed by atoms with Crippen molar-refractivity contribution in [2.75, 3.05) is 0 Å². The van der Waals surface area contributed by atoms with Crippen molar-refractivity contribution in [3.63, 3.8) is 0 Å². The molecule has 1 amide bonds. The number of fused-ring (bicyclic) bond motifs is 1. The number of benzene rings is 1. The van der Waals surface area contributed by atoms with Crippen molar-refractivity contribution in [1.29, 1.82) is 0 Å². The summed E-state index contributed by atoms with van der Waals surface area (Å²) < 4.78 is 0. The molecular formula is C11H11N3O. The van der Waals surface area contributed by atoms with Crippen molar-refractivity contribution in [2.24, 2.45) is 5.73 Å². The summed E-state index contributed by atoms with van der Waals surface area (Å²) in [5, 5.41) is 0. The fourth-order valence-electron chi connectivity index (χ4n) is 1.38. The smallest absolute Gasteiger partial charge is 0.241 e. The highest BCUT2D eigenvalue weighted by molar-refractivity contribution is 5.90. The summed E-state index contributed by atoms with van der Waals surface area (Å²) in [5.74, 6) is 0.154. The van der Waals surface area contributed by atoms with Gasteiger partial charge in [0.15, 0.2) is 0 Å². The number of nitrogens with zero attached hydrogens (tertiary/aromatic N) is 1. The number of imidazole rings is 1. The molecule has 15 heavy (non-hydrogen) atoms. The van der Waals surface area contributed by atoms with Gasteiger partial charge in [-0.2, -0.15) is 0 Å². The van der Waals surface area contributed by atoms with E-state index < -0.39 is 5.91 Å². The van der Waals surface area contributed by atoms with Gasteiger partial charge < -0.3 is 10.7 Å². The fraction of sp³-hybridized carbons (Fsp3) is 0.0909. The van der Waals surface area contributed by atoms with Gasteiger partial charge >= 0.3 is 0 Å². The zero-order chi connectivity index (χ0) is 10.8. The second-order valence-electron chi connectivity index (χ2n) is 3.38. The maximum absolute atomic E-state index is 10.5. The molecule has 0 aliphatic rings. The molecule has 0 saturated carbocycles. The lowest BCUT2D eigenvalue weighted by Gasteiger charge is -1.89. The van der Waals surface area contributed by atoms with Gasteiger partial charge in [-0.15, -0.1) is 0 Å². The molecule has 2 aromatic rings. The van der Waals surface area contributed by atoms with E-state index in [0.29, 0.717) is 5.82 Å². The highest BCUT2D eigenvalue weighted by atomic mass is 16.1. The highest BCUT2D eigenvalue weighted by Crippen LogP contribution is 2.13. The molecule has 1 aromatic heterocycles. The molecular weight excluding hydrogens is 190 g/mol. The first-order valence-corrected chi connectivity index (χ1v) is 4.59. The number of amides is 1. The average molecular weight is 201 g/mol. The molecule has 76 valence electrons. The molecule has 0 unspecified atom stereocenters. The highest BCUT2D eigenvalue weighted by Gasteiger charge is 1.99. The van der Waals surface area contributed by atoms with Gasteiger partial charge in [0.1, 0.15) is 5.82 Å². The van der Waals surface area contributed by atoms with Gasteiger partial charge in [-0.05, 0) is 30.7 Å². The van der Waals surface area contributed by atoms with Gasteiger partial charge in [0.2, 0.25) is 5.91 Å². The Morgan fingerprint density at radius 3 is 3.07 bits per heavy atom. The normalized spacial score (nSPS) is 11.3. The predicted octanol–water partition coefficient (Wildman–Crippen LogP) is 1.37. The van der Waals surface area contributed by atoms with Crippen LogP contribution in [0.1, 0.15) is 11.4 Å². The molecule has 0 atom stereocenters. The van der Waals surface area contributed by atoms with Gasteiger partial charge in [0.05, 0.1) is 11.0 Å². The summed E-state index contributed by atoms with van der Waals surface area (Å²) in [6.07, 6.45) is 2.85. The van der Waals surface area contributed by atoms with Crippen LogP contribution < -0.4 is 5.73 Å². The van der Waals surface area contributed by atoms with Crippen molar-refractivity contribution in [3.05, 3.63) is 35.7 Å². The molecule has 0 radical (unpaired) electrons. The van der Waals surface area contributed by atoms with Crippen LogP contribution in [-0.2, 0) is 4.79 Å². The third-order valence-corrected chi connectivity index (χ3v) is 2.06. The number of aryl methyl sites for hydroxylation is 1. The number of aromatic nitrogens is 2. The molecule has 1 heterocycles. The molecule has 0 aliphatic carbocycles. The summed E-state index contributed by atoms with van der Waals surface area (Å²) in [5.41, 5.74) is 7.99. The van der Waals surface area contributed by atoms with Crippen LogP contribution in [0.4, 0.5) is 0 Å². The van der Waals surface area contributed by atoms with Crippen LogP contribution in [0.25, 0.3) is 17.1 Å². The number of hydrogen-bond acceptors (Lipinski definition) is 2. The molecule has 4 nitrogen and oxygen atoms in total. The number of H-pyrrole nitrogens is 1. The predicted molar refractivity (Wildman–Crippen MR) is 59.1 cm³/mol. The number of rotatable bonds is 2. The van der Waals surface area contributed by atoms with E-state index in [4.69, 9.17) is 5.73 Å². The van der Waals surface area contributed by atoms with Crippen LogP contribution >= 0.6 is 0 Å². The van der Waals surface area contributed by atoms with E-state index in [2.05, 4.69) is 9.97 Å². The van der Waals surface area contributed by atoms with Crippen molar-refractivity contribution < 1.29 is 4.79 Å². The van der Waals surface area contributed by atoms with Gasteiger partial charge in [0.25, 0.3) is 0 Å². The Morgan fingerprint density at radius 1 is 1.53 bits per heavy atom. The van der Waals surface area contributed by atoms with Gasteiger partial charge in [-0.3, -0.25) is 4.79 Å². The van der Waals surface area contributed by atoms with Crippen LogP contribution in [0, 0.1) is 6.92 Å². The van der Waals surface area contributed by atoms with Crippen LogP contribution in [0.2, 0.25) is 0 Å². The molecule has 0 bridgehead atoms. The van der Waals surface area contributed by atoms with E-state index in [9.17, 15) is 4.79 Å². The summed E-state index contributed by atoms with van der Waals surface area (Å²) in [6, 6.07) is 5.93. The molecule has 0 fully saturated rings. The maximum Gasteiger partial charge on any atom is 0.241 e. The van der Waals surface area contributed by atoms with E-state index in [1.54, 1.807) is 6.08 Å². The molecule has 3 N–H and O–H groups in total. The number of nitrogens with one attached hydrogen (secondary N) is 1. The van der Waals surface area contributed by atoms with Crippen molar-refractivity contribution >= 4 is 23.0 Å². The monoisotopic (exact) mass is 201 g/mol. The van der Waals surface area contributed by atoms with E-state index >= 15 is 0 Å². The lowest BCUT2D eigenvalue weighted by atomic mass is 10.2. The van der Waals surface area contributed by atoms with Crippen molar-refractivity contribution in [1.82, 2.24) is 9.97 Å². The zero-order valence-electron chi connectivity index (χ0n) is 8.32. The van der Waals surface area contributed by atoms with E-state index in [1.807, 2.05) is 25.1 Å². The average Bonchev–Trinajstić information content (AvgIpc) is 2.56. The molecule has 0 saturated heterocycles. The molecule has 1 aromatic carbocycles. The number of nitrogens with two attached hydrogens (primary N) is 1. The first-order valence-electron chi connectivity index (χ1n) is 4.59. The van der Waals surface area contributed by atoms with Crippen LogP contribution in [-0.4, -0.2) is 15.9 Å². The minimum atomic E-state index is -0.480. The van der Waals surface area contributed by atoms with Crippen molar-refractivity contribution in [3.8, 4) is 0 Å². The Bertz CT molecular complexity index is 540. The Hall–Kier alpha value is -2.10. The number of aromatic amines is 1. The Balaban J connectivity index is 2.43. The van der Waals surface area contributed by atoms with E-state index in [0.717, 1.165) is 16.6 Å². The summed E-state index contributed by atoms with van der Waals surface area (Å²) in [6.45, 7) is 2.01. The minimum Gasteiger partial charge on any atom is -0.366 e. The molecule has 4 heteroatoms. The molecule has 2 rings (SSSR count). The lowest BCUT2D eigenvalue weighted by molar-refractivity contribution is -0.113. The standard InChI is InChI=1S/C11H11N3O/c1-7-2-3-8-9(6-7)14-11(13-8)5-4-10(12)15/h2-6H,1H3,(H2,12,15)(H,13,14)/b5-4+. The first-order chi connectivity index (χ1) is 7.15. The van der Waals surface area contributed by atoms with Crippen LogP contribution in [0.15, 0.2) is 24.3 Å². The SMILES string of the molecule is Cc1ccc2nc(/C=C/C(N)=O)[nH]c2c1.